The van der Waals surface area contributed by atoms with Crippen molar-refractivity contribution in [1.82, 2.24) is 0 Å². The second kappa shape index (κ2) is 15.0. The molecule has 0 aliphatic rings. The van der Waals surface area contributed by atoms with Gasteiger partial charge in [0.25, 0.3) is 0 Å². The molecule has 29 heavy (non-hydrogen) atoms. The van der Waals surface area contributed by atoms with Crippen molar-refractivity contribution in [3.63, 3.8) is 0 Å². The van der Waals surface area contributed by atoms with Gasteiger partial charge in [-0.05, 0) is 0 Å². The summed E-state index contributed by atoms with van der Waals surface area (Å²) in [5.74, 6) is 0. The van der Waals surface area contributed by atoms with Gasteiger partial charge in [0.15, 0.2) is 0 Å². The quantitative estimate of drug-likeness (QED) is 0.421. The molecule has 0 radical (unpaired) electrons. The van der Waals surface area contributed by atoms with Crippen LogP contribution in [0.15, 0.2) is 60.7 Å². The van der Waals surface area contributed by atoms with Crippen molar-refractivity contribution in [2.24, 2.45) is 0 Å². The van der Waals surface area contributed by atoms with Crippen molar-refractivity contribution >= 4 is 39.1 Å². The van der Waals surface area contributed by atoms with Gasteiger partial charge in [-0.1, -0.05) is 0 Å². The topological polar surface area (TPSA) is 124 Å². The molecule has 0 aliphatic heterocycles. The van der Waals surface area contributed by atoms with Crippen LogP contribution < -0.4 is 8.32 Å². The van der Waals surface area contributed by atoms with Gasteiger partial charge in [0, 0.05) is 0 Å². The Morgan fingerprint density at radius 2 is 0.931 bits per heavy atom. The molecule has 2 aromatic rings. The third kappa shape index (κ3) is 21.2. The number of rotatable bonds is 6. The summed E-state index contributed by atoms with van der Waals surface area (Å²) in [6, 6.07) is 21.5. The van der Waals surface area contributed by atoms with Gasteiger partial charge in [-0.15, -0.1) is 0 Å². The van der Waals surface area contributed by atoms with Crippen LogP contribution in [-0.4, -0.2) is 39.1 Å². The van der Waals surface area contributed by atoms with Crippen LogP contribution in [0.25, 0.3) is 0 Å². The van der Waals surface area contributed by atoms with E-state index in [9.17, 15) is 23.5 Å². The average Bonchev–Trinajstić information content (AvgIpc) is 2.53. The van der Waals surface area contributed by atoms with E-state index in [1.54, 1.807) is 0 Å². The standard InChI is InChI=1S/2C9H13Te.2Cr.7O/c2*1-10(2)8-9-6-4-3-5-7-9;;;;;;;;;/h2*3-7H,8H2,1-2H3;;;;;;;;;/q2*+1;;;;;;;;2*-1. The molecule has 0 saturated carbocycles. The molecule has 0 amide bonds. The van der Waals surface area contributed by atoms with Crippen molar-refractivity contribution in [3.8, 4) is 0 Å². The van der Waals surface area contributed by atoms with E-state index in [-0.39, 0.29) is 0 Å². The summed E-state index contributed by atoms with van der Waals surface area (Å²) in [4.78, 5) is 9.65. The number of hydrogen-bond acceptors (Lipinski definition) is 7. The zero-order valence-corrected chi connectivity index (χ0v) is 23.9. The van der Waals surface area contributed by atoms with Gasteiger partial charge < -0.3 is 0 Å². The van der Waals surface area contributed by atoms with Crippen LogP contribution in [0.5, 0.6) is 0 Å². The molecule has 7 nitrogen and oxygen atoms in total. The Morgan fingerprint density at radius 3 is 1.10 bits per heavy atom. The second-order valence-electron chi connectivity index (χ2n) is 6.12. The van der Waals surface area contributed by atoms with Crippen molar-refractivity contribution in [1.29, 1.82) is 0 Å². The zero-order valence-electron chi connectivity index (χ0n) is 16.7. The molecular weight excluding hydrogens is 687 g/mol. The Kier molecular flexibility index (Phi) is 15.1. The monoisotopic (exact) mass is 718 g/mol. The predicted molar refractivity (Wildman–Crippen MR) is 99.1 cm³/mol. The number of benzene rings is 2. The minimum absolute atomic E-state index is 0.658. The van der Waals surface area contributed by atoms with Gasteiger partial charge in [0.05, 0.1) is 0 Å². The molecule has 0 aromatic heterocycles. The van der Waals surface area contributed by atoms with Gasteiger partial charge in [-0.3, -0.25) is 0 Å². The van der Waals surface area contributed by atoms with Crippen LogP contribution in [0.1, 0.15) is 11.1 Å². The van der Waals surface area contributed by atoms with Gasteiger partial charge in [0.1, 0.15) is 0 Å². The molecular formula is C18H26Cr2O7Te2. The third-order valence-electron chi connectivity index (χ3n) is 2.76. The molecule has 2 rings (SSSR count). The van der Waals surface area contributed by atoms with Crippen LogP contribution in [-0.2, 0) is 54.2 Å². The summed E-state index contributed by atoms with van der Waals surface area (Å²) in [7, 11) is 0. The molecule has 0 bridgehead atoms. The van der Waals surface area contributed by atoms with Gasteiger partial charge in [-0.2, -0.15) is 0 Å². The van der Waals surface area contributed by atoms with Crippen molar-refractivity contribution < 1.29 is 53.6 Å². The van der Waals surface area contributed by atoms with E-state index in [4.69, 9.17) is 0 Å². The molecule has 164 valence electrons. The average molecular weight is 714 g/mol. The van der Waals surface area contributed by atoms with E-state index in [1.165, 1.54) is 20.1 Å². The Hall–Kier alpha value is 0.164. The third-order valence-corrected chi connectivity index (χ3v) is 10.6. The Balaban J connectivity index is 0.000000407. The fourth-order valence-electron chi connectivity index (χ4n) is 1.92. The van der Waals surface area contributed by atoms with E-state index < -0.39 is 66.3 Å². The normalized spacial score (nSPS) is 11.3. The number of hydrogen-bond donors (Lipinski definition) is 0. The second-order valence-corrected chi connectivity index (χ2v) is 22.7. The fraction of sp³-hybridized carbons (Fsp3) is 0.333. The minimum atomic E-state index is -6.07. The van der Waals surface area contributed by atoms with Gasteiger partial charge in [0.2, 0.25) is 0 Å². The first kappa shape index (κ1) is 29.2. The summed E-state index contributed by atoms with van der Waals surface area (Å²) in [5, 5.41) is 0. The Morgan fingerprint density at radius 1 is 0.655 bits per heavy atom. The van der Waals surface area contributed by atoms with Gasteiger partial charge in [-0.25, -0.2) is 0 Å². The maximum absolute atomic E-state index is 9.38. The molecule has 0 atom stereocenters. The molecule has 0 N–H and O–H groups in total. The van der Waals surface area contributed by atoms with E-state index in [2.05, 4.69) is 83.4 Å². The fourth-order valence-corrected chi connectivity index (χ4v) is 8.45. The molecule has 2 aromatic carbocycles. The van der Waals surface area contributed by atoms with Crippen LogP contribution in [0.4, 0.5) is 0 Å². The first-order chi connectivity index (χ1) is 13.3. The molecule has 0 spiro atoms. The van der Waals surface area contributed by atoms with Crippen molar-refractivity contribution in [2.45, 2.75) is 28.8 Å². The summed E-state index contributed by atoms with van der Waals surface area (Å²) < 4.78 is 61.6. The summed E-state index contributed by atoms with van der Waals surface area (Å²) in [5.41, 5.74) is 3.04. The zero-order chi connectivity index (χ0) is 22.5. The van der Waals surface area contributed by atoms with Crippen LogP contribution >= 0.6 is 0 Å². The van der Waals surface area contributed by atoms with Crippen LogP contribution in [0.2, 0.25) is 19.9 Å². The van der Waals surface area contributed by atoms with Crippen molar-refractivity contribution in [2.75, 3.05) is 0 Å². The van der Waals surface area contributed by atoms with E-state index in [1.807, 2.05) is 0 Å². The SMILES string of the molecule is C[Te+](C)Cc1ccccc1.C[Te+](C)Cc1ccccc1.[O]=[Cr](=[O])([O-])[O][Cr](=[O])(=[O])[O-]. The molecule has 0 unspecified atom stereocenters. The predicted octanol–water partition coefficient (Wildman–Crippen LogP) is 2.12. The van der Waals surface area contributed by atoms with Gasteiger partial charge >= 0.3 is 193 Å². The molecule has 11 heteroatoms. The van der Waals surface area contributed by atoms with E-state index >= 15 is 0 Å². The Bertz CT molecular complexity index is 811. The summed E-state index contributed by atoms with van der Waals surface area (Å²) >= 11 is -13.5. The van der Waals surface area contributed by atoms with Crippen molar-refractivity contribution in [3.05, 3.63) is 71.8 Å². The molecule has 0 aliphatic carbocycles. The molecule has 0 saturated heterocycles. The maximum atomic E-state index is 9.38. The first-order valence-electron chi connectivity index (χ1n) is 8.07. The molecule has 0 fully saturated rings. The van der Waals surface area contributed by atoms with E-state index in [0.717, 1.165) is 0 Å². The first-order valence-corrected chi connectivity index (χ1v) is 24.9. The molecule has 0 heterocycles. The summed E-state index contributed by atoms with van der Waals surface area (Å²) in [6.07, 6.45) is 0. The Labute approximate surface area is 191 Å². The van der Waals surface area contributed by atoms with Crippen LogP contribution in [0, 0.1) is 0 Å². The summed E-state index contributed by atoms with van der Waals surface area (Å²) in [6.45, 7) is 0. The van der Waals surface area contributed by atoms with Crippen LogP contribution in [0.3, 0.4) is 0 Å². The van der Waals surface area contributed by atoms with E-state index in [0.29, 0.717) is 0 Å².